The zero-order valence-electron chi connectivity index (χ0n) is 11.1. The van der Waals surface area contributed by atoms with Crippen molar-refractivity contribution in [3.8, 4) is 11.3 Å². The summed E-state index contributed by atoms with van der Waals surface area (Å²) in [7, 11) is 0. The molecule has 0 aliphatic carbocycles. The van der Waals surface area contributed by atoms with Gasteiger partial charge in [0.2, 0.25) is 0 Å². The number of carbonyl (C=O) groups is 2. The fraction of sp³-hybridized carbons (Fsp3) is 0.286. The first-order chi connectivity index (χ1) is 10.2. The molecule has 1 aliphatic rings. The first-order valence-corrected chi connectivity index (χ1v) is 6.57. The molecule has 0 spiro atoms. The van der Waals surface area contributed by atoms with Crippen molar-refractivity contribution in [1.82, 2.24) is 15.0 Å². The van der Waals surface area contributed by atoms with Crippen molar-refractivity contribution in [3.05, 3.63) is 36.3 Å². The molecule has 7 nitrogen and oxygen atoms in total. The quantitative estimate of drug-likeness (QED) is 0.917. The van der Waals surface area contributed by atoms with Gasteiger partial charge in [0.05, 0.1) is 0 Å². The fourth-order valence-electron chi connectivity index (χ4n) is 2.43. The predicted octanol–water partition coefficient (Wildman–Crippen LogP) is 1.43. The molecular formula is C14H13N3O4. The molecule has 1 unspecified atom stereocenters. The predicted molar refractivity (Wildman–Crippen MR) is 71.4 cm³/mol. The van der Waals surface area contributed by atoms with Crippen molar-refractivity contribution < 1.29 is 19.2 Å². The molecule has 0 saturated carbocycles. The number of likely N-dealkylation sites (tertiary alicyclic amines) is 1. The molecule has 2 aromatic heterocycles. The van der Waals surface area contributed by atoms with Crippen LogP contribution in [0.4, 0.5) is 0 Å². The highest BCUT2D eigenvalue weighted by molar-refractivity contribution is 5.96. The van der Waals surface area contributed by atoms with E-state index in [9.17, 15) is 9.59 Å². The van der Waals surface area contributed by atoms with Crippen LogP contribution in [0.25, 0.3) is 11.3 Å². The average molecular weight is 287 g/mol. The van der Waals surface area contributed by atoms with E-state index in [1.54, 1.807) is 24.5 Å². The highest BCUT2D eigenvalue weighted by atomic mass is 16.5. The number of aliphatic carboxylic acids is 1. The second-order valence-electron chi connectivity index (χ2n) is 4.81. The van der Waals surface area contributed by atoms with E-state index >= 15 is 0 Å². The third kappa shape index (κ3) is 2.49. The summed E-state index contributed by atoms with van der Waals surface area (Å²) < 4.78 is 5.14. The summed E-state index contributed by atoms with van der Waals surface area (Å²) in [5.74, 6) is -0.979. The standard InChI is InChI=1S/C14H13N3O4/c18-13(17-6-2-4-11(17)14(19)20)10-7-12(21-16-10)9-3-1-5-15-8-9/h1,3,5,7-8,11H,2,4,6H2,(H,19,20). The summed E-state index contributed by atoms with van der Waals surface area (Å²) in [6.45, 7) is 0.422. The lowest BCUT2D eigenvalue weighted by Crippen LogP contribution is -2.40. The Morgan fingerprint density at radius 3 is 3.00 bits per heavy atom. The van der Waals surface area contributed by atoms with Crippen molar-refractivity contribution in [2.45, 2.75) is 18.9 Å². The lowest BCUT2D eigenvalue weighted by molar-refractivity contribution is -0.141. The van der Waals surface area contributed by atoms with E-state index in [4.69, 9.17) is 9.63 Å². The molecule has 1 atom stereocenters. The minimum atomic E-state index is -0.989. The first-order valence-electron chi connectivity index (χ1n) is 6.57. The monoisotopic (exact) mass is 287 g/mol. The van der Waals surface area contributed by atoms with E-state index in [1.165, 1.54) is 11.0 Å². The summed E-state index contributed by atoms with van der Waals surface area (Å²) in [6.07, 6.45) is 4.38. The second-order valence-corrected chi connectivity index (χ2v) is 4.81. The van der Waals surface area contributed by atoms with Gasteiger partial charge in [0, 0.05) is 30.6 Å². The number of aromatic nitrogens is 2. The van der Waals surface area contributed by atoms with Gasteiger partial charge in [-0.15, -0.1) is 0 Å². The van der Waals surface area contributed by atoms with E-state index in [1.807, 2.05) is 0 Å². The molecule has 0 radical (unpaired) electrons. The smallest absolute Gasteiger partial charge is 0.326 e. The van der Waals surface area contributed by atoms with Gasteiger partial charge >= 0.3 is 5.97 Å². The van der Waals surface area contributed by atoms with Gasteiger partial charge in [-0.25, -0.2) is 4.79 Å². The Morgan fingerprint density at radius 2 is 2.29 bits per heavy atom. The molecule has 1 fully saturated rings. The number of carbonyl (C=O) groups excluding carboxylic acids is 1. The van der Waals surface area contributed by atoms with Crippen molar-refractivity contribution in [2.75, 3.05) is 6.54 Å². The molecular weight excluding hydrogens is 274 g/mol. The zero-order chi connectivity index (χ0) is 14.8. The van der Waals surface area contributed by atoms with Crippen molar-refractivity contribution in [2.24, 2.45) is 0 Å². The lowest BCUT2D eigenvalue weighted by atomic mass is 10.2. The SMILES string of the molecule is O=C(O)C1CCCN1C(=O)c1cc(-c2cccnc2)on1. The van der Waals surface area contributed by atoms with E-state index in [-0.39, 0.29) is 5.69 Å². The number of hydrogen-bond donors (Lipinski definition) is 1. The van der Waals surface area contributed by atoms with Gasteiger partial charge in [-0.2, -0.15) is 0 Å². The normalized spacial score (nSPS) is 17.9. The van der Waals surface area contributed by atoms with Gasteiger partial charge in [0.15, 0.2) is 11.5 Å². The number of rotatable bonds is 3. The van der Waals surface area contributed by atoms with Gasteiger partial charge in [-0.05, 0) is 25.0 Å². The Balaban J connectivity index is 1.83. The van der Waals surface area contributed by atoms with Gasteiger partial charge in [-0.3, -0.25) is 9.78 Å². The Morgan fingerprint density at radius 1 is 1.43 bits per heavy atom. The van der Waals surface area contributed by atoms with Crippen molar-refractivity contribution in [3.63, 3.8) is 0 Å². The third-order valence-electron chi connectivity index (χ3n) is 3.47. The van der Waals surface area contributed by atoms with E-state index in [0.717, 1.165) is 0 Å². The summed E-state index contributed by atoms with van der Waals surface area (Å²) in [5.41, 5.74) is 0.822. The van der Waals surface area contributed by atoms with Gasteiger partial charge in [0.1, 0.15) is 6.04 Å². The van der Waals surface area contributed by atoms with E-state index in [0.29, 0.717) is 30.7 Å². The maximum atomic E-state index is 12.3. The molecule has 3 heterocycles. The van der Waals surface area contributed by atoms with E-state index in [2.05, 4.69) is 10.1 Å². The van der Waals surface area contributed by atoms with Crippen LogP contribution in [0.5, 0.6) is 0 Å². The van der Waals surface area contributed by atoms with Crippen LogP contribution in [0.2, 0.25) is 0 Å². The highest BCUT2D eigenvalue weighted by Gasteiger charge is 2.35. The van der Waals surface area contributed by atoms with Crippen LogP contribution < -0.4 is 0 Å². The zero-order valence-corrected chi connectivity index (χ0v) is 11.1. The number of carboxylic acids is 1. The summed E-state index contributed by atoms with van der Waals surface area (Å²) in [6, 6.07) is 4.27. The maximum Gasteiger partial charge on any atom is 0.326 e. The Labute approximate surface area is 120 Å². The van der Waals surface area contributed by atoms with Crippen LogP contribution in [-0.4, -0.2) is 44.6 Å². The largest absolute Gasteiger partial charge is 0.480 e. The molecule has 2 aromatic rings. The molecule has 1 amide bonds. The molecule has 1 N–H and O–H groups in total. The third-order valence-corrected chi connectivity index (χ3v) is 3.47. The maximum absolute atomic E-state index is 12.3. The van der Waals surface area contributed by atoms with Crippen LogP contribution in [0.3, 0.4) is 0 Å². The minimum absolute atomic E-state index is 0.113. The Kier molecular flexibility index (Phi) is 3.39. The highest BCUT2D eigenvalue weighted by Crippen LogP contribution is 2.23. The number of carboxylic acid groups (broad SMARTS) is 1. The van der Waals surface area contributed by atoms with Crippen molar-refractivity contribution in [1.29, 1.82) is 0 Å². The van der Waals surface area contributed by atoms with Gasteiger partial charge in [-0.1, -0.05) is 5.16 Å². The lowest BCUT2D eigenvalue weighted by Gasteiger charge is -2.19. The topological polar surface area (TPSA) is 96.5 Å². The second kappa shape index (κ2) is 5.35. The van der Waals surface area contributed by atoms with Crippen LogP contribution in [-0.2, 0) is 4.79 Å². The number of hydrogen-bond acceptors (Lipinski definition) is 5. The van der Waals surface area contributed by atoms with Gasteiger partial charge in [0.25, 0.3) is 5.91 Å². The Bertz CT molecular complexity index is 668. The molecule has 0 bridgehead atoms. The van der Waals surface area contributed by atoms with Crippen LogP contribution in [0.15, 0.2) is 35.1 Å². The molecule has 21 heavy (non-hydrogen) atoms. The van der Waals surface area contributed by atoms with Gasteiger partial charge < -0.3 is 14.5 Å². The first kappa shape index (κ1) is 13.3. The van der Waals surface area contributed by atoms with Crippen LogP contribution in [0.1, 0.15) is 23.3 Å². The van der Waals surface area contributed by atoms with E-state index < -0.39 is 17.9 Å². The minimum Gasteiger partial charge on any atom is -0.480 e. The van der Waals surface area contributed by atoms with Crippen LogP contribution in [0, 0.1) is 0 Å². The molecule has 3 rings (SSSR count). The molecule has 0 aromatic carbocycles. The molecule has 7 heteroatoms. The molecule has 108 valence electrons. The number of pyridine rings is 1. The Hall–Kier alpha value is -2.70. The molecule has 1 aliphatic heterocycles. The summed E-state index contributed by atoms with van der Waals surface area (Å²) in [4.78, 5) is 28.8. The number of nitrogens with zero attached hydrogens (tertiary/aromatic N) is 3. The fourth-order valence-corrected chi connectivity index (χ4v) is 2.43. The average Bonchev–Trinajstić information content (AvgIpc) is 3.17. The van der Waals surface area contributed by atoms with Crippen LogP contribution >= 0.6 is 0 Å². The molecule has 1 saturated heterocycles. The van der Waals surface area contributed by atoms with Crippen molar-refractivity contribution >= 4 is 11.9 Å². The summed E-state index contributed by atoms with van der Waals surface area (Å²) >= 11 is 0. The number of amides is 1. The summed E-state index contributed by atoms with van der Waals surface area (Å²) in [5, 5.41) is 12.9.